The molecule has 1 aliphatic heterocycles. The number of methoxy groups -OCH3 is 1. The maximum atomic E-state index is 13.7. The molecule has 4 rings (SSSR count). The van der Waals surface area contributed by atoms with Gasteiger partial charge >= 0.3 is 0 Å². The molecule has 0 bridgehead atoms. The molecule has 140 valence electrons. The Kier molecular flexibility index (Phi) is 4.51. The SMILES string of the molecule is COc1ccc(F)cc1-c1ccc2nc([C@H]3CCCN(C(C)=O)C3)nn2c1. The number of amides is 1. The lowest BCUT2D eigenvalue weighted by atomic mass is 9.97. The van der Waals surface area contributed by atoms with Crippen molar-refractivity contribution < 1.29 is 13.9 Å². The highest BCUT2D eigenvalue weighted by molar-refractivity contribution is 5.73. The molecule has 0 unspecified atom stereocenters. The van der Waals surface area contributed by atoms with Crippen molar-refractivity contribution in [2.45, 2.75) is 25.7 Å². The van der Waals surface area contributed by atoms with Crippen LogP contribution < -0.4 is 4.74 Å². The van der Waals surface area contributed by atoms with E-state index >= 15 is 0 Å². The Morgan fingerprint density at radius 1 is 1.30 bits per heavy atom. The summed E-state index contributed by atoms with van der Waals surface area (Å²) in [5.41, 5.74) is 2.19. The molecule has 0 saturated carbocycles. The topological polar surface area (TPSA) is 59.7 Å². The highest BCUT2D eigenvalue weighted by Gasteiger charge is 2.26. The van der Waals surface area contributed by atoms with Crippen molar-refractivity contribution in [2.75, 3.05) is 20.2 Å². The smallest absolute Gasteiger partial charge is 0.219 e. The molecule has 1 aromatic carbocycles. The van der Waals surface area contributed by atoms with Gasteiger partial charge in [0.15, 0.2) is 11.5 Å². The molecule has 7 heteroatoms. The second-order valence-corrected chi connectivity index (χ2v) is 6.84. The molecule has 1 fully saturated rings. The molecule has 1 aliphatic rings. The van der Waals surface area contributed by atoms with Gasteiger partial charge in [0.25, 0.3) is 0 Å². The van der Waals surface area contributed by atoms with Crippen LogP contribution in [0.5, 0.6) is 5.75 Å². The summed E-state index contributed by atoms with van der Waals surface area (Å²) in [6, 6.07) is 8.18. The number of halogens is 1. The zero-order valence-corrected chi connectivity index (χ0v) is 15.4. The van der Waals surface area contributed by atoms with Gasteiger partial charge in [0.1, 0.15) is 11.6 Å². The minimum atomic E-state index is -0.322. The van der Waals surface area contributed by atoms with Crippen LogP contribution in [0.3, 0.4) is 0 Å². The third kappa shape index (κ3) is 3.37. The Morgan fingerprint density at radius 2 is 2.15 bits per heavy atom. The largest absolute Gasteiger partial charge is 0.496 e. The number of rotatable bonds is 3. The number of nitrogens with zero attached hydrogens (tertiary/aromatic N) is 4. The highest BCUT2D eigenvalue weighted by atomic mass is 19.1. The predicted octanol–water partition coefficient (Wildman–Crippen LogP) is 3.27. The number of fused-ring (bicyclic) bond motifs is 1. The van der Waals surface area contributed by atoms with Gasteiger partial charge in [0, 0.05) is 43.3 Å². The number of ether oxygens (including phenoxy) is 1. The fourth-order valence-corrected chi connectivity index (χ4v) is 3.61. The minimum absolute atomic E-state index is 0.0870. The Labute approximate surface area is 156 Å². The predicted molar refractivity (Wildman–Crippen MR) is 99.2 cm³/mol. The van der Waals surface area contributed by atoms with Crippen molar-refractivity contribution in [3.63, 3.8) is 0 Å². The van der Waals surface area contributed by atoms with Crippen molar-refractivity contribution in [3.8, 4) is 16.9 Å². The number of aromatic nitrogens is 3. The van der Waals surface area contributed by atoms with Gasteiger partial charge in [-0.1, -0.05) is 0 Å². The van der Waals surface area contributed by atoms with E-state index in [9.17, 15) is 9.18 Å². The molecule has 6 nitrogen and oxygen atoms in total. The molecular weight excluding hydrogens is 347 g/mol. The van der Waals surface area contributed by atoms with Gasteiger partial charge in [-0.3, -0.25) is 4.79 Å². The molecule has 1 amide bonds. The second-order valence-electron chi connectivity index (χ2n) is 6.84. The molecule has 27 heavy (non-hydrogen) atoms. The summed E-state index contributed by atoms with van der Waals surface area (Å²) in [4.78, 5) is 18.2. The zero-order chi connectivity index (χ0) is 19.0. The van der Waals surface area contributed by atoms with E-state index in [2.05, 4.69) is 10.1 Å². The lowest BCUT2D eigenvalue weighted by Gasteiger charge is -2.30. The first-order valence-corrected chi connectivity index (χ1v) is 9.01. The summed E-state index contributed by atoms with van der Waals surface area (Å²) < 4.78 is 20.8. The van der Waals surface area contributed by atoms with E-state index in [1.54, 1.807) is 24.6 Å². The normalized spacial score (nSPS) is 17.3. The monoisotopic (exact) mass is 368 g/mol. The third-order valence-corrected chi connectivity index (χ3v) is 5.05. The maximum Gasteiger partial charge on any atom is 0.219 e. The van der Waals surface area contributed by atoms with Gasteiger partial charge in [-0.05, 0) is 43.2 Å². The van der Waals surface area contributed by atoms with E-state index in [1.165, 1.54) is 12.1 Å². The average Bonchev–Trinajstić information content (AvgIpc) is 3.11. The zero-order valence-electron chi connectivity index (χ0n) is 15.4. The summed E-state index contributed by atoms with van der Waals surface area (Å²) in [7, 11) is 1.56. The Hall–Kier alpha value is -2.96. The van der Waals surface area contributed by atoms with Crippen molar-refractivity contribution in [1.29, 1.82) is 0 Å². The molecular formula is C20H21FN4O2. The average molecular weight is 368 g/mol. The molecule has 0 spiro atoms. The number of carbonyl (C=O) groups is 1. The summed E-state index contributed by atoms with van der Waals surface area (Å²) in [5, 5.41) is 4.63. The second kappa shape index (κ2) is 6.98. The van der Waals surface area contributed by atoms with Crippen molar-refractivity contribution >= 4 is 11.6 Å². The van der Waals surface area contributed by atoms with Crippen LogP contribution in [-0.4, -0.2) is 45.6 Å². The molecule has 1 saturated heterocycles. The number of likely N-dealkylation sites (tertiary alicyclic amines) is 1. The first-order chi connectivity index (χ1) is 13.0. The Balaban J connectivity index is 1.68. The Morgan fingerprint density at radius 3 is 2.93 bits per heavy atom. The van der Waals surface area contributed by atoms with Crippen molar-refractivity contribution in [2.24, 2.45) is 0 Å². The first kappa shape index (κ1) is 17.5. The van der Waals surface area contributed by atoms with E-state index in [0.717, 1.165) is 36.4 Å². The fourth-order valence-electron chi connectivity index (χ4n) is 3.61. The van der Waals surface area contributed by atoms with Gasteiger partial charge in [0.2, 0.25) is 5.91 Å². The lowest BCUT2D eigenvalue weighted by Crippen LogP contribution is -2.37. The van der Waals surface area contributed by atoms with E-state index in [1.807, 2.05) is 23.2 Å². The minimum Gasteiger partial charge on any atom is -0.496 e. The van der Waals surface area contributed by atoms with Crippen LogP contribution in [0.4, 0.5) is 4.39 Å². The maximum absolute atomic E-state index is 13.7. The van der Waals surface area contributed by atoms with Gasteiger partial charge in [-0.25, -0.2) is 13.9 Å². The van der Waals surface area contributed by atoms with Crippen LogP contribution in [0.25, 0.3) is 16.8 Å². The van der Waals surface area contributed by atoms with E-state index in [-0.39, 0.29) is 17.6 Å². The van der Waals surface area contributed by atoms with Crippen LogP contribution in [0, 0.1) is 5.82 Å². The first-order valence-electron chi connectivity index (χ1n) is 9.01. The van der Waals surface area contributed by atoms with Gasteiger partial charge in [-0.2, -0.15) is 5.10 Å². The van der Waals surface area contributed by atoms with Crippen LogP contribution in [0.1, 0.15) is 31.5 Å². The third-order valence-electron chi connectivity index (χ3n) is 5.05. The molecule has 0 radical (unpaired) electrons. The summed E-state index contributed by atoms with van der Waals surface area (Å²) in [6.45, 7) is 3.04. The van der Waals surface area contributed by atoms with E-state index in [0.29, 0.717) is 17.9 Å². The van der Waals surface area contributed by atoms with Crippen molar-refractivity contribution in [3.05, 3.63) is 48.2 Å². The van der Waals surface area contributed by atoms with E-state index < -0.39 is 0 Å². The lowest BCUT2D eigenvalue weighted by molar-refractivity contribution is -0.130. The molecule has 1 atom stereocenters. The molecule has 3 heterocycles. The van der Waals surface area contributed by atoms with Gasteiger partial charge in [0.05, 0.1) is 7.11 Å². The molecule has 0 aliphatic carbocycles. The number of benzene rings is 1. The van der Waals surface area contributed by atoms with Crippen LogP contribution in [0.15, 0.2) is 36.5 Å². The van der Waals surface area contributed by atoms with Crippen molar-refractivity contribution in [1.82, 2.24) is 19.5 Å². The fraction of sp³-hybridized carbons (Fsp3) is 0.350. The van der Waals surface area contributed by atoms with Gasteiger partial charge < -0.3 is 9.64 Å². The standard InChI is InChI=1S/C20H21FN4O2/c1-13(26)24-9-3-4-15(11-24)20-22-19-8-5-14(12-25(19)23-20)17-10-16(21)6-7-18(17)27-2/h5-8,10,12,15H,3-4,9,11H2,1-2H3/t15-/m0/s1. The van der Waals surface area contributed by atoms with Crippen LogP contribution in [0.2, 0.25) is 0 Å². The number of hydrogen-bond acceptors (Lipinski definition) is 4. The number of piperidine rings is 1. The molecule has 3 aromatic rings. The molecule has 0 N–H and O–H groups in total. The Bertz CT molecular complexity index is 1000. The number of carbonyl (C=O) groups excluding carboxylic acids is 1. The molecule has 2 aromatic heterocycles. The van der Waals surface area contributed by atoms with Crippen LogP contribution >= 0.6 is 0 Å². The quantitative estimate of drug-likeness (QED) is 0.712. The number of hydrogen-bond donors (Lipinski definition) is 0. The summed E-state index contributed by atoms with van der Waals surface area (Å²) in [5.74, 6) is 1.24. The van der Waals surface area contributed by atoms with E-state index in [4.69, 9.17) is 4.74 Å². The summed E-state index contributed by atoms with van der Waals surface area (Å²) >= 11 is 0. The van der Waals surface area contributed by atoms with Crippen LogP contribution in [-0.2, 0) is 4.79 Å². The highest BCUT2D eigenvalue weighted by Crippen LogP contribution is 2.31. The van der Waals surface area contributed by atoms with Gasteiger partial charge in [-0.15, -0.1) is 0 Å². The summed E-state index contributed by atoms with van der Waals surface area (Å²) in [6.07, 6.45) is 3.74. The number of pyridine rings is 1.